The number of thioether (sulfide) groups is 1. The molecule has 1 aliphatic rings. The average Bonchev–Trinajstić information content (AvgIpc) is 2.92. The minimum Gasteiger partial charge on any atom is -0.334 e. The third kappa shape index (κ3) is 3.82. The predicted octanol–water partition coefficient (Wildman–Crippen LogP) is 5.23. The largest absolute Gasteiger partial charge is 0.334 e. The zero-order chi connectivity index (χ0) is 14.7. The molecule has 0 aliphatic carbocycles. The lowest BCUT2D eigenvalue weighted by Crippen LogP contribution is -2.08. The molecule has 0 fully saturated rings. The van der Waals surface area contributed by atoms with Crippen LogP contribution in [-0.2, 0) is 6.42 Å². The Morgan fingerprint density at radius 2 is 2.00 bits per heavy atom. The summed E-state index contributed by atoms with van der Waals surface area (Å²) < 4.78 is 0.876. The summed E-state index contributed by atoms with van der Waals surface area (Å²) in [5.74, 6) is 1.01. The summed E-state index contributed by atoms with van der Waals surface area (Å²) in [5, 5.41) is 5.00. The molecule has 1 unspecified atom stereocenters. The van der Waals surface area contributed by atoms with E-state index in [1.807, 2.05) is 24.3 Å². The Labute approximate surface area is 142 Å². The number of nitrogens with zero attached hydrogens (tertiary/aromatic N) is 1. The highest BCUT2D eigenvalue weighted by Crippen LogP contribution is 2.32. The van der Waals surface area contributed by atoms with Crippen LogP contribution >= 0.6 is 39.3 Å². The first-order valence-electron chi connectivity index (χ1n) is 6.68. The van der Waals surface area contributed by atoms with Crippen molar-refractivity contribution in [3.05, 3.63) is 63.6 Å². The predicted molar refractivity (Wildman–Crippen MR) is 96.6 cm³/mol. The van der Waals surface area contributed by atoms with Gasteiger partial charge in [0.05, 0.1) is 21.2 Å². The molecule has 3 rings (SSSR count). The average molecular weight is 382 g/mol. The van der Waals surface area contributed by atoms with Crippen LogP contribution < -0.4 is 5.32 Å². The van der Waals surface area contributed by atoms with Gasteiger partial charge in [0.15, 0.2) is 5.17 Å². The van der Waals surface area contributed by atoms with Gasteiger partial charge < -0.3 is 5.32 Å². The van der Waals surface area contributed by atoms with Crippen molar-refractivity contribution < 1.29 is 0 Å². The zero-order valence-electron chi connectivity index (χ0n) is 11.2. The van der Waals surface area contributed by atoms with E-state index in [9.17, 15) is 0 Å². The Balaban J connectivity index is 1.67. The number of rotatable bonds is 3. The number of hydrogen-bond acceptors (Lipinski definition) is 3. The molecule has 21 heavy (non-hydrogen) atoms. The summed E-state index contributed by atoms with van der Waals surface area (Å²) in [6, 6.07) is 16.6. The molecule has 0 saturated heterocycles. The maximum Gasteiger partial charge on any atom is 0.161 e. The third-order valence-electron chi connectivity index (χ3n) is 3.22. The molecular formula is C16H14BrClN2S. The summed E-state index contributed by atoms with van der Waals surface area (Å²) in [6.45, 7) is 0. The van der Waals surface area contributed by atoms with Gasteiger partial charge in [-0.25, -0.2) is 0 Å². The van der Waals surface area contributed by atoms with Crippen LogP contribution in [-0.4, -0.2) is 17.0 Å². The first-order valence-corrected chi connectivity index (χ1v) is 8.83. The number of benzene rings is 2. The van der Waals surface area contributed by atoms with Crippen LogP contribution in [0.1, 0.15) is 5.56 Å². The number of amidine groups is 1. The fraction of sp³-hybridized carbons (Fsp3) is 0.188. The number of anilines is 1. The lowest BCUT2D eigenvalue weighted by molar-refractivity contribution is 0.762. The van der Waals surface area contributed by atoms with E-state index in [2.05, 4.69) is 45.5 Å². The van der Waals surface area contributed by atoms with E-state index < -0.39 is 0 Å². The molecule has 0 amide bonds. The van der Waals surface area contributed by atoms with Crippen molar-refractivity contribution in [1.29, 1.82) is 0 Å². The first kappa shape index (κ1) is 14.9. The van der Waals surface area contributed by atoms with Gasteiger partial charge >= 0.3 is 0 Å². The molecule has 0 spiro atoms. The van der Waals surface area contributed by atoms with Gasteiger partial charge in [-0.1, -0.05) is 59.8 Å². The highest BCUT2D eigenvalue weighted by Gasteiger charge is 2.19. The standard InChI is InChI=1S/C16H14BrClN2S/c17-15-13(18)7-4-8-14(15)20-16-19-12(10-21-16)9-11-5-2-1-3-6-11/h1-8,12H,9-10H2,(H,19,20). The second-order valence-electron chi connectivity index (χ2n) is 4.82. The first-order chi connectivity index (χ1) is 10.2. The van der Waals surface area contributed by atoms with Crippen LogP contribution in [0.15, 0.2) is 58.0 Å². The molecule has 2 aromatic rings. The quantitative estimate of drug-likeness (QED) is 0.787. The van der Waals surface area contributed by atoms with Crippen LogP contribution in [0, 0.1) is 0 Å². The molecule has 0 bridgehead atoms. The maximum atomic E-state index is 6.10. The van der Waals surface area contributed by atoms with Gasteiger partial charge in [-0.2, -0.15) is 0 Å². The normalized spacial score (nSPS) is 17.6. The fourth-order valence-corrected chi connectivity index (χ4v) is 3.68. The second kappa shape index (κ2) is 6.86. The van der Waals surface area contributed by atoms with E-state index in [4.69, 9.17) is 16.6 Å². The van der Waals surface area contributed by atoms with E-state index in [0.717, 1.165) is 27.5 Å². The van der Waals surface area contributed by atoms with E-state index >= 15 is 0 Å². The Morgan fingerprint density at radius 3 is 2.81 bits per heavy atom. The topological polar surface area (TPSA) is 24.4 Å². The molecule has 5 heteroatoms. The molecule has 2 nitrogen and oxygen atoms in total. The van der Waals surface area contributed by atoms with Gasteiger partial charge in [0.1, 0.15) is 0 Å². The van der Waals surface area contributed by atoms with Crippen molar-refractivity contribution >= 4 is 50.1 Å². The fourth-order valence-electron chi connectivity index (χ4n) is 2.19. The van der Waals surface area contributed by atoms with Crippen LogP contribution in [0.3, 0.4) is 0 Å². The summed E-state index contributed by atoms with van der Waals surface area (Å²) in [4.78, 5) is 4.75. The van der Waals surface area contributed by atoms with E-state index in [1.165, 1.54) is 5.56 Å². The Morgan fingerprint density at radius 1 is 1.19 bits per heavy atom. The maximum absolute atomic E-state index is 6.10. The summed E-state index contributed by atoms with van der Waals surface area (Å²) in [5.41, 5.74) is 2.28. The molecular weight excluding hydrogens is 368 g/mol. The SMILES string of the molecule is Clc1cccc(NC2=NC(Cc3ccccc3)CS2)c1Br. The smallest absolute Gasteiger partial charge is 0.161 e. The van der Waals surface area contributed by atoms with E-state index in [0.29, 0.717) is 11.1 Å². The van der Waals surface area contributed by atoms with Crippen molar-refractivity contribution in [3.63, 3.8) is 0 Å². The van der Waals surface area contributed by atoms with Crippen LogP contribution in [0.4, 0.5) is 5.69 Å². The van der Waals surface area contributed by atoms with Gasteiger partial charge in [0, 0.05) is 5.75 Å². The van der Waals surface area contributed by atoms with Crippen molar-refractivity contribution in [3.8, 4) is 0 Å². The summed E-state index contributed by atoms with van der Waals surface area (Å²) in [6.07, 6.45) is 0.982. The minimum atomic E-state index is 0.331. The molecule has 108 valence electrons. The number of hydrogen-bond donors (Lipinski definition) is 1. The molecule has 1 atom stereocenters. The van der Waals surface area contributed by atoms with Crippen molar-refractivity contribution in [1.82, 2.24) is 0 Å². The molecule has 0 radical (unpaired) electrons. The van der Waals surface area contributed by atoms with Crippen molar-refractivity contribution in [2.24, 2.45) is 4.99 Å². The van der Waals surface area contributed by atoms with Gasteiger partial charge in [-0.15, -0.1) is 0 Å². The van der Waals surface area contributed by atoms with Gasteiger partial charge in [0.25, 0.3) is 0 Å². The Hall–Kier alpha value is -0.970. The molecule has 1 heterocycles. The molecule has 1 aliphatic heterocycles. The lowest BCUT2D eigenvalue weighted by Gasteiger charge is -2.08. The highest BCUT2D eigenvalue weighted by molar-refractivity contribution is 9.10. The van der Waals surface area contributed by atoms with Crippen LogP contribution in [0.25, 0.3) is 0 Å². The molecule has 0 aromatic heterocycles. The Kier molecular flexibility index (Phi) is 4.88. The van der Waals surface area contributed by atoms with Crippen LogP contribution in [0.5, 0.6) is 0 Å². The minimum absolute atomic E-state index is 0.331. The number of halogens is 2. The number of nitrogens with one attached hydrogen (secondary N) is 1. The third-order valence-corrected chi connectivity index (χ3v) is 5.65. The molecule has 2 aromatic carbocycles. The van der Waals surface area contributed by atoms with E-state index in [1.54, 1.807) is 11.8 Å². The Bertz CT molecular complexity index is 661. The van der Waals surface area contributed by atoms with E-state index in [-0.39, 0.29) is 0 Å². The lowest BCUT2D eigenvalue weighted by atomic mass is 10.1. The van der Waals surface area contributed by atoms with Gasteiger partial charge in [-0.3, -0.25) is 4.99 Å². The van der Waals surface area contributed by atoms with Crippen molar-refractivity contribution in [2.75, 3.05) is 11.1 Å². The number of aliphatic imine (C=N–C) groups is 1. The monoisotopic (exact) mass is 380 g/mol. The second-order valence-corrected chi connectivity index (χ2v) is 7.02. The zero-order valence-corrected chi connectivity index (χ0v) is 14.4. The summed E-state index contributed by atoms with van der Waals surface area (Å²) in [7, 11) is 0. The van der Waals surface area contributed by atoms with Gasteiger partial charge in [-0.05, 0) is 40.0 Å². The molecule has 1 N–H and O–H groups in total. The summed E-state index contributed by atoms with van der Waals surface area (Å²) >= 11 is 11.4. The van der Waals surface area contributed by atoms with Gasteiger partial charge in [0.2, 0.25) is 0 Å². The van der Waals surface area contributed by atoms with Crippen LogP contribution in [0.2, 0.25) is 5.02 Å². The molecule has 0 saturated carbocycles. The highest BCUT2D eigenvalue weighted by atomic mass is 79.9. The van der Waals surface area contributed by atoms with Crippen molar-refractivity contribution in [2.45, 2.75) is 12.5 Å².